The molecule has 4 nitrogen and oxygen atoms in total. The lowest BCUT2D eigenvalue weighted by molar-refractivity contribution is 0.0781. The van der Waals surface area contributed by atoms with Gasteiger partial charge >= 0.3 is 0 Å². The molecular formula is C15H22BrN3O. The number of nitrogen functional groups attached to an aromatic ring is 1. The van der Waals surface area contributed by atoms with E-state index in [-0.39, 0.29) is 5.91 Å². The largest absolute Gasteiger partial charge is 0.398 e. The second-order valence-electron chi connectivity index (χ2n) is 5.44. The fraction of sp³-hybridized carbons (Fsp3) is 0.533. The van der Waals surface area contributed by atoms with Crippen LogP contribution in [0, 0.1) is 6.92 Å². The van der Waals surface area contributed by atoms with Crippen molar-refractivity contribution in [2.75, 3.05) is 39.0 Å². The van der Waals surface area contributed by atoms with E-state index in [0.717, 1.165) is 36.2 Å². The third-order valence-corrected chi connectivity index (χ3v) is 4.40. The predicted molar refractivity (Wildman–Crippen MR) is 85.9 cm³/mol. The quantitative estimate of drug-likeness (QED) is 0.857. The van der Waals surface area contributed by atoms with Crippen LogP contribution in [-0.4, -0.2) is 48.9 Å². The van der Waals surface area contributed by atoms with Crippen molar-refractivity contribution >= 4 is 27.5 Å². The molecule has 0 bridgehead atoms. The Balaban J connectivity index is 2.02. The van der Waals surface area contributed by atoms with E-state index in [9.17, 15) is 4.79 Å². The second-order valence-corrected chi connectivity index (χ2v) is 6.36. The molecule has 1 heterocycles. The second kappa shape index (κ2) is 6.59. The SMILES string of the molecule is Cc1c(N)cc(Br)cc1C(=O)N(C)CCN1CCCC1. The zero-order chi connectivity index (χ0) is 14.7. The molecule has 1 saturated heterocycles. The van der Waals surface area contributed by atoms with Crippen molar-refractivity contribution in [2.45, 2.75) is 19.8 Å². The van der Waals surface area contributed by atoms with Crippen molar-refractivity contribution in [1.29, 1.82) is 0 Å². The molecule has 0 atom stereocenters. The Morgan fingerprint density at radius 2 is 2.05 bits per heavy atom. The van der Waals surface area contributed by atoms with Crippen molar-refractivity contribution in [3.8, 4) is 0 Å². The number of nitrogens with two attached hydrogens (primary N) is 1. The lowest BCUT2D eigenvalue weighted by Gasteiger charge is -2.22. The average Bonchev–Trinajstić information content (AvgIpc) is 2.92. The molecule has 2 N–H and O–H groups in total. The van der Waals surface area contributed by atoms with Gasteiger partial charge in [0.15, 0.2) is 0 Å². The molecule has 20 heavy (non-hydrogen) atoms. The highest BCUT2D eigenvalue weighted by atomic mass is 79.9. The van der Waals surface area contributed by atoms with Gasteiger partial charge in [-0.05, 0) is 50.6 Å². The first-order valence-electron chi connectivity index (χ1n) is 7.02. The van der Waals surface area contributed by atoms with Gasteiger partial charge in [-0.1, -0.05) is 15.9 Å². The number of hydrogen-bond acceptors (Lipinski definition) is 3. The minimum atomic E-state index is 0.0368. The van der Waals surface area contributed by atoms with Gasteiger partial charge in [-0.15, -0.1) is 0 Å². The minimum Gasteiger partial charge on any atom is -0.398 e. The van der Waals surface area contributed by atoms with Crippen LogP contribution >= 0.6 is 15.9 Å². The van der Waals surface area contributed by atoms with Gasteiger partial charge in [0.05, 0.1) is 0 Å². The first-order chi connectivity index (χ1) is 9.49. The summed E-state index contributed by atoms with van der Waals surface area (Å²) >= 11 is 3.40. The van der Waals surface area contributed by atoms with Gasteiger partial charge in [0, 0.05) is 35.9 Å². The number of nitrogens with zero attached hydrogens (tertiary/aromatic N) is 2. The summed E-state index contributed by atoms with van der Waals surface area (Å²) in [5.41, 5.74) is 8.11. The molecule has 0 radical (unpaired) electrons. The molecule has 1 fully saturated rings. The smallest absolute Gasteiger partial charge is 0.254 e. The number of likely N-dealkylation sites (N-methyl/N-ethyl adjacent to an activating group) is 1. The molecule has 1 aromatic carbocycles. The van der Waals surface area contributed by atoms with Crippen LogP contribution in [-0.2, 0) is 0 Å². The summed E-state index contributed by atoms with van der Waals surface area (Å²) in [6.07, 6.45) is 2.55. The van der Waals surface area contributed by atoms with Crippen molar-refractivity contribution in [3.63, 3.8) is 0 Å². The standard InChI is InChI=1S/C15H22BrN3O/c1-11-13(9-12(16)10-14(11)17)15(20)18(2)7-8-19-5-3-4-6-19/h9-10H,3-8,17H2,1-2H3. The predicted octanol–water partition coefficient (Wildman–Crippen LogP) is 2.51. The Morgan fingerprint density at radius 3 is 2.70 bits per heavy atom. The summed E-state index contributed by atoms with van der Waals surface area (Å²) in [5, 5.41) is 0. The van der Waals surface area contributed by atoms with Crippen molar-refractivity contribution in [2.24, 2.45) is 0 Å². The van der Waals surface area contributed by atoms with E-state index in [2.05, 4.69) is 20.8 Å². The van der Waals surface area contributed by atoms with E-state index in [1.807, 2.05) is 26.1 Å². The van der Waals surface area contributed by atoms with E-state index >= 15 is 0 Å². The topological polar surface area (TPSA) is 49.6 Å². The highest BCUT2D eigenvalue weighted by Gasteiger charge is 2.18. The molecule has 1 aliphatic heterocycles. The van der Waals surface area contributed by atoms with Gasteiger partial charge in [-0.25, -0.2) is 0 Å². The third-order valence-electron chi connectivity index (χ3n) is 3.94. The van der Waals surface area contributed by atoms with E-state index in [1.165, 1.54) is 12.8 Å². The molecule has 1 aliphatic rings. The Labute approximate surface area is 129 Å². The summed E-state index contributed by atoms with van der Waals surface area (Å²) in [7, 11) is 1.86. The van der Waals surface area contributed by atoms with Crippen LogP contribution in [0.1, 0.15) is 28.8 Å². The monoisotopic (exact) mass is 339 g/mol. The van der Waals surface area contributed by atoms with Gasteiger partial charge in [-0.3, -0.25) is 4.79 Å². The number of hydrogen-bond donors (Lipinski definition) is 1. The number of likely N-dealkylation sites (tertiary alicyclic amines) is 1. The van der Waals surface area contributed by atoms with Crippen molar-refractivity contribution < 1.29 is 4.79 Å². The van der Waals surface area contributed by atoms with Crippen molar-refractivity contribution in [1.82, 2.24) is 9.80 Å². The summed E-state index contributed by atoms with van der Waals surface area (Å²) in [6.45, 7) is 5.91. The molecule has 0 spiro atoms. The number of rotatable bonds is 4. The Bertz CT molecular complexity index is 498. The molecule has 1 aromatic rings. The maximum atomic E-state index is 12.5. The summed E-state index contributed by atoms with van der Waals surface area (Å²) in [6, 6.07) is 3.68. The fourth-order valence-corrected chi connectivity index (χ4v) is 3.00. The highest BCUT2D eigenvalue weighted by molar-refractivity contribution is 9.10. The van der Waals surface area contributed by atoms with Crippen LogP contribution < -0.4 is 5.73 Å². The fourth-order valence-electron chi connectivity index (χ4n) is 2.53. The molecule has 5 heteroatoms. The van der Waals surface area contributed by atoms with Gasteiger partial charge in [0.1, 0.15) is 0 Å². The highest BCUT2D eigenvalue weighted by Crippen LogP contribution is 2.23. The summed E-state index contributed by atoms with van der Waals surface area (Å²) in [4.78, 5) is 16.7. The van der Waals surface area contributed by atoms with Gasteiger partial charge < -0.3 is 15.5 Å². The van der Waals surface area contributed by atoms with Crippen molar-refractivity contribution in [3.05, 3.63) is 27.7 Å². The molecule has 1 amide bonds. The van der Waals surface area contributed by atoms with E-state index in [1.54, 1.807) is 4.90 Å². The number of carbonyl (C=O) groups is 1. The zero-order valence-electron chi connectivity index (χ0n) is 12.2. The van der Waals surface area contributed by atoms with Crippen LogP contribution in [0.4, 0.5) is 5.69 Å². The normalized spacial score (nSPS) is 15.6. The van der Waals surface area contributed by atoms with Gasteiger partial charge in [-0.2, -0.15) is 0 Å². The molecule has 2 rings (SSSR count). The zero-order valence-corrected chi connectivity index (χ0v) is 13.7. The lowest BCUT2D eigenvalue weighted by atomic mass is 10.1. The van der Waals surface area contributed by atoms with Crippen LogP contribution in [0.15, 0.2) is 16.6 Å². The van der Waals surface area contributed by atoms with Crippen LogP contribution in [0.3, 0.4) is 0 Å². The number of anilines is 1. The molecular weight excluding hydrogens is 318 g/mol. The summed E-state index contributed by atoms with van der Waals surface area (Å²) in [5.74, 6) is 0.0368. The first-order valence-corrected chi connectivity index (χ1v) is 7.82. The van der Waals surface area contributed by atoms with Crippen LogP contribution in [0.2, 0.25) is 0 Å². The number of amides is 1. The third kappa shape index (κ3) is 3.52. The van der Waals surface area contributed by atoms with Crippen LogP contribution in [0.25, 0.3) is 0 Å². The molecule has 0 aromatic heterocycles. The van der Waals surface area contributed by atoms with Gasteiger partial charge in [0.25, 0.3) is 5.91 Å². The Morgan fingerprint density at radius 1 is 1.40 bits per heavy atom. The Hall–Kier alpha value is -1.07. The van der Waals surface area contributed by atoms with E-state index in [0.29, 0.717) is 11.3 Å². The average molecular weight is 340 g/mol. The summed E-state index contributed by atoms with van der Waals surface area (Å²) < 4.78 is 0.844. The minimum absolute atomic E-state index is 0.0368. The maximum Gasteiger partial charge on any atom is 0.254 e. The maximum absolute atomic E-state index is 12.5. The number of halogens is 1. The molecule has 110 valence electrons. The molecule has 0 unspecified atom stereocenters. The number of benzene rings is 1. The molecule has 0 aliphatic carbocycles. The van der Waals surface area contributed by atoms with E-state index < -0.39 is 0 Å². The Kier molecular flexibility index (Phi) is 5.05. The first kappa shape index (κ1) is 15.3. The van der Waals surface area contributed by atoms with Gasteiger partial charge in [0.2, 0.25) is 0 Å². The number of carbonyl (C=O) groups excluding carboxylic acids is 1. The lowest BCUT2D eigenvalue weighted by Crippen LogP contribution is -2.35. The van der Waals surface area contributed by atoms with E-state index in [4.69, 9.17) is 5.73 Å². The van der Waals surface area contributed by atoms with Crippen LogP contribution in [0.5, 0.6) is 0 Å². The molecule has 0 saturated carbocycles.